The lowest BCUT2D eigenvalue weighted by Gasteiger charge is -2.30. The second-order valence-corrected chi connectivity index (χ2v) is 18.9. The minimum Gasteiger partial charge on any atom is -0.508 e. The van der Waals surface area contributed by atoms with E-state index in [1.165, 1.54) is 17.0 Å². The normalized spacial score (nSPS) is 19.4. The average Bonchev–Trinajstić information content (AvgIpc) is 3.66. The first-order chi connectivity index (χ1) is 29.8. The predicted octanol–water partition coefficient (Wildman–Crippen LogP) is 3.66. The molecule has 0 aliphatic carbocycles. The maximum Gasteiger partial charge on any atom is 0.408 e. The summed E-state index contributed by atoms with van der Waals surface area (Å²) in [6, 6.07) is 4.37. The Morgan fingerprint density at radius 3 is 1.77 bits per heavy atom. The summed E-state index contributed by atoms with van der Waals surface area (Å²) >= 11 is 0. The van der Waals surface area contributed by atoms with Crippen LogP contribution in [0.4, 0.5) is 14.4 Å². The molecule has 2 aliphatic rings. The molecule has 2 aromatic carbocycles. The number of rotatable bonds is 10. The summed E-state index contributed by atoms with van der Waals surface area (Å²) in [5.74, 6) is -3.06. The van der Waals surface area contributed by atoms with E-state index in [-0.39, 0.29) is 74.5 Å². The van der Waals surface area contributed by atoms with Gasteiger partial charge < -0.3 is 61.2 Å². The van der Waals surface area contributed by atoms with Crippen LogP contribution in [0.1, 0.15) is 99.1 Å². The van der Waals surface area contributed by atoms with Gasteiger partial charge in [0.2, 0.25) is 23.6 Å². The number of hydrogen-bond acceptors (Lipinski definition) is 12. The van der Waals surface area contributed by atoms with Gasteiger partial charge in [0.25, 0.3) is 0 Å². The Kier molecular flexibility index (Phi) is 16.8. The molecule has 2 aliphatic heterocycles. The number of hydrogen-bond donors (Lipinski definition) is 8. The first kappa shape index (κ1) is 50.4. The van der Waals surface area contributed by atoms with Crippen LogP contribution in [0.15, 0.2) is 36.4 Å². The largest absolute Gasteiger partial charge is 0.508 e. The van der Waals surface area contributed by atoms with Crippen molar-refractivity contribution in [2.45, 2.75) is 142 Å². The van der Waals surface area contributed by atoms with Crippen molar-refractivity contribution in [3.8, 4) is 22.6 Å². The Morgan fingerprint density at radius 1 is 0.688 bits per heavy atom. The number of fused-ring (bicyclic) bond motifs is 5. The lowest BCUT2D eigenvalue weighted by Crippen LogP contribution is -2.59. The second kappa shape index (κ2) is 21.4. The Bertz CT molecular complexity index is 2040. The van der Waals surface area contributed by atoms with E-state index in [9.17, 15) is 43.8 Å². The molecule has 0 aromatic heterocycles. The molecule has 2 aromatic rings. The molecular weight excluding hydrogens is 831 g/mol. The van der Waals surface area contributed by atoms with Crippen molar-refractivity contribution >= 4 is 41.9 Å². The van der Waals surface area contributed by atoms with Gasteiger partial charge in [-0.25, -0.2) is 14.4 Å². The van der Waals surface area contributed by atoms with Crippen LogP contribution in [0.5, 0.6) is 11.5 Å². The van der Waals surface area contributed by atoms with Crippen molar-refractivity contribution in [1.82, 2.24) is 36.8 Å². The molecule has 352 valence electrons. The van der Waals surface area contributed by atoms with E-state index in [0.717, 1.165) is 0 Å². The SMILES string of the molecule is CC(C)(C)OC(=O)NCCC[C@@H]1NC(=O)[C@@H](NC(=O)OC(C)(C)C)Cc2cc(ccc2O)-c2ccc(O)c(c2)C[C@@H](C(=O)N2CCC[C@H]2C(=O)NCCNC(=O)OC(C)(C)C)NC1=O. The van der Waals surface area contributed by atoms with Crippen LogP contribution in [0, 0.1) is 0 Å². The van der Waals surface area contributed by atoms with Gasteiger partial charge in [-0.2, -0.15) is 0 Å². The molecule has 1 saturated heterocycles. The molecule has 4 atom stereocenters. The highest BCUT2D eigenvalue weighted by Crippen LogP contribution is 2.32. The fraction of sp³-hybridized carbons (Fsp3) is 0.578. The van der Waals surface area contributed by atoms with Crippen molar-refractivity contribution in [3.05, 3.63) is 47.5 Å². The molecule has 19 nitrogen and oxygen atoms in total. The van der Waals surface area contributed by atoms with Crippen molar-refractivity contribution in [2.75, 3.05) is 26.2 Å². The number of alkyl carbamates (subject to hydrolysis) is 3. The number of phenols is 2. The van der Waals surface area contributed by atoms with Gasteiger partial charge >= 0.3 is 18.3 Å². The molecule has 2 heterocycles. The molecule has 7 amide bonds. The lowest BCUT2D eigenvalue weighted by atomic mass is 9.95. The van der Waals surface area contributed by atoms with E-state index in [1.54, 1.807) is 86.6 Å². The smallest absolute Gasteiger partial charge is 0.408 e. The Hall–Kier alpha value is -6.27. The molecule has 0 unspecified atom stereocenters. The van der Waals surface area contributed by atoms with E-state index < -0.39 is 82.9 Å². The monoisotopic (exact) mass is 895 g/mol. The third-order valence-electron chi connectivity index (χ3n) is 9.86. The molecule has 4 rings (SSSR count). The van der Waals surface area contributed by atoms with Crippen LogP contribution in [0.3, 0.4) is 0 Å². The van der Waals surface area contributed by atoms with E-state index in [2.05, 4.69) is 31.9 Å². The molecule has 4 bridgehead atoms. The summed E-state index contributed by atoms with van der Waals surface area (Å²) in [4.78, 5) is 95.8. The van der Waals surface area contributed by atoms with Gasteiger partial charge in [0.1, 0.15) is 52.5 Å². The Labute approximate surface area is 374 Å². The van der Waals surface area contributed by atoms with E-state index in [0.29, 0.717) is 24.0 Å². The van der Waals surface area contributed by atoms with E-state index in [1.807, 2.05) is 0 Å². The van der Waals surface area contributed by atoms with Crippen LogP contribution >= 0.6 is 0 Å². The zero-order valence-corrected chi connectivity index (χ0v) is 38.3. The number of aromatic hydroxyl groups is 2. The molecule has 0 spiro atoms. The topological polar surface area (TPSA) is 263 Å². The standard InChI is InChI=1S/C45H65N7O12/c1-43(2,3)62-40(59)47-18-10-12-30-36(55)50-32(39(58)52-21-11-13-33(52)38(57)46-19-20-48-41(60)63-44(4,5)6)25-29-23-27(15-17-35(29)54)26-14-16-34(53)28(22-26)24-31(37(56)49-30)51-42(61)64-45(7,8)9/h14-17,22-23,30-33,53-54H,10-13,18-21,24-25H2,1-9H3,(H,46,57)(H,47,59)(H,48,60)(H,49,56)(H,50,55)(H,51,61)/t30-,31-,32-,33-/m0/s1. The van der Waals surface area contributed by atoms with Gasteiger partial charge in [-0.3, -0.25) is 19.2 Å². The van der Waals surface area contributed by atoms with Gasteiger partial charge in [0, 0.05) is 39.0 Å². The van der Waals surface area contributed by atoms with Crippen LogP contribution in [-0.4, -0.2) is 124 Å². The number of carbonyl (C=O) groups excluding carboxylic acids is 7. The quantitative estimate of drug-likeness (QED) is 0.126. The summed E-state index contributed by atoms with van der Waals surface area (Å²) in [5.41, 5.74) is -0.726. The summed E-state index contributed by atoms with van der Waals surface area (Å²) in [6.45, 7) is 15.6. The number of nitrogens with one attached hydrogen (secondary N) is 6. The van der Waals surface area contributed by atoms with Gasteiger partial charge in [-0.1, -0.05) is 12.1 Å². The zero-order valence-electron chi connectivity index (χ0n) is 38.3. The lowest BCUT2D eigenvalue weighted by molar-refractivity contribution is -0.141. The number of likely N-dealkylation sites (tertiary alicyclic amines) is 1. The number of benzene rings is 2. The molecule has 0 radical (unpaired) electrons. The van der Waals surface area contributed by atoms with Crippen LogP contribution < -0.4 is 31.9 Å². The molecular formula is C45H65N7O12. The van der Waals surface area contributed by atoms with Gasteiger partial charge in [-0.05, 0) is 135 Å². The third kappa shape index (κ3) is 15.8. The number of phenolic OH excluding ortho intramolecular Hbond substituents is 2. The highest BCUT2D eigenvalue weighted by molar-refractivity contribution is 5.96. The van der Waals surface area contributed by atoms with E-state index in [4.69, 9.17) is 14.2 Å². The average molecular weight is 896 g/mol. The third-order valence-corrected chi connectivity index (χ3v) is 9.86. The van der Waals surface area contributed by atoms with Gasteiger partial charge in [-0.15, -0.1) is 0 Å². The van der Waals surface area contributed by atoms with Gasteiger partial charge in [0.05, 0.1) is 0 Å². The summed E-state index contributed by atoms with van der Waals surface area (Å²) < 4.78 is 16.0. The van der Waals surface area contributed by atoms with Crippen LogP contribution in [0.25, 0.3) is 11.1 Å². The maximum absolute atomic E-state index is 14.6. The Balaban J connectivity index is 1.69. The highest BCUT2D eigenvalue weighted by Gasteiger charge is 2.39. The summed E-state index contributed by atoms with van der Waals surface area (Å²) in [5, 5.41) is 38.1. The maximum atomic E-state index is 14.6. The van der Waals surface area contributed by atoms with Crippen molar-refractivity contribution < 1.29 is 58.0 Å². The number of ether oxygens (including phenoxy) is 3. The van der Waals surface area contributed by atoms with E-state index >= 15 is 0 Å². The summed E-state index contributed by atoms with van der Waals surface area (Å²) in [6.07, 6.45) is -1.88. The summed E-state index contributed by atoms with van der Waals surface area (Å²) in [7, 11) is 0. The van der Waals surface area contributed by atoms with Crippen molar-refractivity contribution in [1.29, 1.82) is 0 Å². The first-order valence-corrected chi connectivity index (χ1v) is 21.5. The first-order valence-electron chi connectivity index (χ1n) is 21.5. The highest BCUT2D eigenvalue weighted by atomic mass is 16.6. The fourth-order valence-corrected chi connectivity index (χ4v) is 7.07. The Morgan fingerprint density at radius 2 is 1.20 bits per heavy atom. The zero-order chi connectivity index (χ0) is 47.6. The molecule has 1 fully saturated rings. The second-order valence-electron chi connectivity index (χ2n) is 18.9. The van der Waals surface area contributed by atoms with Crippen molar-refractivity contribution in [3.63, 3.8) is 0 Å². The number of amides is 7. The van der Waals surface area contributed by atoms with Crippen LogP contribution in [-0.2, 0) is 46.2 Å². The molecule has 64 heavy (non-hydrogen) atoms. The molecule has 19 heteroatoms. The predicted molar refractivity (Wildman–Crippen MR) is 235 cm³/mol. The van der Waals surface area contributed by atoms with Crippen LogP contribution in [0.2, 0.25) is 0 Å². The molecule has 0 saturated carbocycles. The number of carbonyl (C=O) groups is 7. The number of nitrogens with zero attached hydrogens (tertiary/aromatic N) is 1. The minimum absolute atomic E-state index is 0.0374. The minimum atomic E-state index is -1.38. The van der Waals surface area contributed by atoms with Gasteiger partial charge in [0.15, 0.2) is 0 Å². The molecule has 8 N–H and O–H groups in total. The fourth-order valence-electron chi connectivity index (χ4n) is 7.07. The van der Waals surface area contributed by atoms with Crippen molar-refractivity contribution in [2.24, 2.45) is 0 Å².